The second kappa shape index (κ2) is 7.18. The van der Waals surface area contributed by atoms with Gasteiger partial charge in [-0.05, 0) is 31.1 Å². The van der Waals surface area contributed by atoms with E-state index in [0.717, 1.165) is 24.5 Å². The Morgan fingerprint density at radius 3 is 1.88 bits per heavy atom. The van der Waals surface area contributed by atoms with Crippen LogP contribution in [0.5, 0.6) is 0 Å². The molecule has 1 N–H and O–H groups in total. The van der Waals surface area contributed by atoms with Crippen molar-refractivity contribution in [3.63, 3.8) is 0 Å². The lowest BCUT2D eigenvalue weighted by molar-refractivity contribution is 0.286. The minimum atomic E-state index is -0.00715. The Labute approximate surface area is 150 Å². The Hall–Kier alpha value is -2.13. The maximum atomic E-state index is 5.47. The zero-order chi connectivity index (χ0) is 17.0. The van der Waals surface area contributed by atoms with Crippen LogP contribution >= 0.6 is 12.2 Å². The molecule has 1 heterocycles. The first-order chi connectivity index (χ1) is 11.5. The van der Waals surface area contributed by atoms with E-state index in [1.807, 2.05) is 0 Å². The van der Waals surface area contributed by atoms with Crippen LogP contribution in [0.15, 0.2) is 72.4 Å². The molecule has 2 aromatic carbocycles. The summed E-state index contributed by atoms with van der Waals surface area (Å²) in [5.41, 5.74) is 3.93. The molecule has 1 aliphatic rings. The fraction of sp³-hybridized carbons (Fsp3) is 0.286. The summed E-state index contributed by atoms with van der Waals surface area (Å²) in [7, 11) is 0. The fourth-order valence-electron chi connectivity index (χ4n) is 3.14. The lowest BCUT2D eigenvalue weighted by Crippen LogP contribution is -2.47. The minimum absolute atomic E-state index is 0.00715. The molecule has 0 saturated carbocycles. The lowest BCUT2D eigenvalue weighted by Gasteiger charge is -2.38. The Kier molecular flexibility index (Phi) is 5.00. The first kappa shape index (κ1) is 16.7. The molecule has 0 aliphatic carbocycles. The van der Waals surface area contributed by atoms with E-state index < -0.39 is 0 Å². The van der Waals surface area contributed by atoms with Crippen molar-refractivity contribution < 1.29 is 0 Å². The van der Waals surface area contributed by atoms with Crippen LogP contribution in [0.2, 0.25) is 0 Å². The predicted molar refractivity (Wildman–Crippen MR) is 105 cm³/mol. The van der Waals surface area contributed by atoms with Crippen molar-refractivity contribution in [1.82, 2.24) is 10.2 Å². The molecule has 2 nitrogen and oxygen atoms in total. The van der Waals surface area contributed by atoms with Gasteiger partial charge < -0.3 is 10.2 Å². The van der Waals surface area contributed by atoms with Crippen molar-refractivity contribution in [2.45, 2.75) is 38.9 Å². The number of nitrogens with one attached hydrogen (secondary N) is 1. The van der Waals surface area contributed by atoms with Crippen molar-refractivity contribution in [3.05, 3.63) is 83.6 Å². The standard InChI is InChI=1S/C21H24N2S/c1-21(2)14-19(13-20(24)22-21)23(15-17-9-5-3-6-10-17)16-18-11-7-4-8-12-18/h3-13H,14-16H2,1-2H3,(H,22,24). The summed E-state index contributed by atoms with van der Waals surface area (Å²) in [4.78, 5) is 3.27. The first-order valence-corrected chi connectivity index (χ1v) is 8.78. The molecule has 24 heavy (non-hydrogen) atoms. The molecule has 0 unspecified atom stereocenters. The highest BCUT2D eigenvalue weighted by Gasteiger charge is 2.27. The van der Waals surface area contributed by atoms with Crippen molar-refractivity contribution >= 4 is 17.2 Å². The topological polar surface area (TPSA) is 15.3 Å². The van der Waals surface area contributed by atoms with Crippen LogP contribution in [-0.2, 0) is 13.1 Å². The van der Waals surface area contributed by atoms with Gasteiger partial charge in [-0.15, -0.1) is 0 Å². The van der Waals surface area contributed by atoms with Gasteiger partial charge in [0.25, 0.3) is 0 Å². The molecular formula is C21H24N2S. The van der Waals surface area contributed by atoms with E-state index in [9.17, 15) is 0 Å². The molecule has 124 valence electrons. The third-order valence-corrected chi connectivity index (χ3v) is 4.44. The second-order valence-electron chi connectivity index (χ2n) is 7.01. The lowest BCUT2D eigenvalue weighted by atomic mass is 9.94. The first-order valence-electron chi connectivity index (χ1n) is 8.37. The van der Waals surface area contributed by atoms with E-state index in [2.05, 4.69) is 90.8 Å². The summed E-state index contributed by atoms with van der Waals surface area (Å²) in [5.74, 6) is 0. The SMILES string of the molecule is CC1(C)CC(N(Cc2ccccc2)Cc2ccccc2)=CC(=S)N1. The zero-order valence-electron chi connectivity index (χ0n) is 14.3. The Morgan fingerprint density at radius 1 is 0.917 bits per heavy atom. The molecule has 0 radical (unpaired) electrons. The van der Waals surface area contributed by atoms with Gasteiger partial charge in [0.1, 0.15) is 4.99 Å². The van der Waals surface area contributed by atoms with Gasteiger partial charge in [-0.25, -0.2) is 0 Å². The molecule has 0 fully saturated rings. The average molecular weight is 337 g/mol. The van der Waals surface area contributed by atoms with Crippen molar-refractivity contribution in [2.24, 2.45) is 0 Å². The monoisotopic (exact) mass is 336 g/mol. The van der Waals surface area contributed by atoms with Crippen LogP contribution in [0.4, 0.5) is 0 Å². The maximum Gasteiger partial charge on any atom is 0.101 e. The molecule has 3 rings (SSSR count). The quantitative estimate of drug-likeness (QED) is 0.799. The molecule has 0 saturated heterocycles. The Balaban J connectivity index is 1.88. The Bertz CT molecular complexity index is 679. The van der Waals surface area contributed by atoms with E-state index in [-0.39, 0.29) is 5.54 Å². The van der Waals surface area contributed by atoms with Crippen LogP contribution in [0.25, 0.3) is 0 Å². The van der Waals surface area contributed by atoms with E-state index in [0.29, 0.717) is 0 Å². The van der Waals surface area contributed by atoms with Gasteiger partial charge in [0, 0.05) is 30.7 Å². The molecule has 0 bridgehead atoms. The van der Waals surface area contributed by atoms with E-state index in [1.54, 1.807) is 0 Å². The summed E-state index contributed by atoms with van der Waals surface area (Å²) in [5, 5.41) is 3.40. The van der Waals surface area contributed by atoms with Gasteiger partial charge in [0.15, 0.2) is 0 Å². The fourth-order valence-corrected chi connectivity index (χ4v) is 3.55. The van der Waals surface area contributed by atoms with Crippen LogP contribution in [-0.4, -0.2) is 15.4 Å². The van der Waals surface area contributed by atoms with Crippen molar-refractivity contribution in [1.29, 1.82) is 0 Å². The van der Waals surface area contributed by atoms with Gasteiger partial charge in [0.05, 0.1) is 0 Å². The molecular weight excluding hydrogens is 312 g/mol. The maximum absolute atomic E-state index is 5.47. The van der Waals surface area contributed by atoms with Crippen LogP contribution in [0, 0.1) is 0 Å². The highest BCUT2D eigenvalue weighted by Crippen LogP contribution is 2.26. The molecule has 0 amide bonds. The number of thiocarbonyl (C=S) groups is 1. The molecule has 1 aliphatic heterocycles. The normalized spacial score (nSPS) is 16.2. The molecule has 2 aromatic rings. The smallest absolute Gasteiger partial charge is 0.101 e. The van der Waals surface area contributed by atoms with E-state index >= 15 is 0 Å². The third kappa shape index (κ3) is 4.45. The van der Waals surface area contributed by atoms with Crippen LogP contribution in [0.3, 0.4) is 0 Å². The van der Waals surface area contributed by atoms with Crippen molar-refractivity contribution in [3.8, 4) is 0 Å². The number of hydrogen-bond acceptors (Lipinski definition) is 2. The summed E-state index contributed by atoms with van der Waals surface area (Å²) in [6, 6.07) is 21.3. The predicted octanol–water partition coefficient (Wildman–Crippen LogP) is 4.67. The summed E-state index contributed by atoms with van der Waals surface area (Å²) < 4.78 is 0. The van der Waals surface area contributed by atoms with Crippen LogP contribution in [0.1, 0.15) is 31.4 Å². The second-order valence-corrected chi connectivity index (χ2v) is 7.45. The molecule has 0 aromatic heterocycles. The third-order valence-electron chi connectivity index (χ3n) is 4.22. The number of nitrogens with zero attached hydrogens (tertiary/aromatic N) is 1. The van der Waals surface area contributed by atoms with E-state index in [1.165, 1.54) is 16.8 Å². The summed E-state index contributed by atoms with van der Waals surface area (Å²) in [6.45, 7) is 6.19. The van der Waals surface area contributed by atoms with E-state index in [4.69, 9.17) is 12.2 Å². The average Bonchev–Trinajstić information content (AvgIpc) is 2.54. The summed E-state index contributed by atoms with van der Waals surface area (Å²) >= 11 is 5.47. The molecule has 0 spiro atoms. The largest absolute Gasteiger partial charge is 0.371 e. The summed E-state index contributed by atoms with van der Waals surface area (Å²) in [6.07, 6.45) is 3.08. The Morgan fingerprint density at radius 2 is 1.42 bits per heavy atom. The number of benzene rings is 2. The highest BCUT2D eigenvalue weighted by molar-refractivity contribution is 7.80. The van der Waals surface area contributed by atoms with Gasteiger partial charge in [-0.1, -0.05) is 72.9 Å². The highest BCUT2D eigenvalue weighted by atomic mass is 32.1. The minimum Gasteiger partial charge on any atom is -0.371 e. The number of hydrogen-bond donors (Lipinski definition) is 1. The van der Waals surface area contributed by atoms with Gasteiger partial charge in [-0.3, -0.25) is 0 Å². The van der Waals surface area contributed by atoms with Gasteiger partial charge >= 0.3 is 0 Å². The number of rotatable bonds is 5. The van der Waals surface area contributed by atoms with Gasteiger partial charge in [-0.2, -0.15) is 0 Å². The van der Waals surface area contributed by atoms with Crippen molar-refractivity contribution in [2.75, 3.05) is 0 Å². The van der Waals surface area contributed by atoms with Crippen LogP contribution < -0.4 is 5.32 Å². The van der Waals surface area contributed by atoms with Gasteiger partial charge in [0.2, 0.25) is 0 Å². The molecule has 3 heteroatoms. The molecule has 0 atom stereocenters. The zero-order valence-corrected chi connectivity index (χ0v) is 15.1.